The molecule has 2 aromatic carbocycles. The van der Waals surface area contributed by atoms with Crippen LogP contribution < -0.4 is 14.8 Å². The third kappa shape index (κ3) is 7.51. The molecule has 3 rings (SSSR count). The van der Waals surface area contributed by atoms with Crippen molar-refractivity contribution in [3.05, 3.63) is 59.9 Å². The fourth-order valence-corrected chi connectivity index (χ4v) is 4.40. The number of carbonyl (C=O) groups is 2. The molecule has 0 radical (unpaired) electrons. The molecule has 0 aliphatic carbocycles. The molecule has 184 valence electrons. The first-order valence-corrected chi connectivity index (χ1v) is 12.3. The fourth-order valence-electron chi connectivity index (χ4n) is 3.43. The van der Waals surface area contributed by atoms with Crippen molar-refractivity contribution < 1.29 is 31.9 Å². The zero-order valence-corrected chi connectivity index (χ0v) is 19.6. The number of benzene rings is 2. The monoisotopic (exact) mass is 493 g/mol. The number of methoxy groups -OCH3 is 1. The van der Waals surface area contributed by atoms with Gasteiger partial charge in [-0.2, -0.15) is 0 Å². The number of sulfonamides is 1. The van der Waals surface area contributed by atoms with Crippen LogP contribution in [0.3, 0.4) is 0 Å². The molecular formula is C23H28FN3O6S. The number of nitrogens with zero attached hydrogens (tertiary/aromatic N) is 1. The summed E-state index contributed by atoms with van der Waals surface area (Å²) in [6.07, 6.45) is 1.39. The third-order valence-corrected chi connectivity index (χ3v) is 6.74. The van der Waals surface area contributed by atoms with Crippen molar-refractivity contribution in [2.75, 3.05) is 33.4 Å². The van der Waals surface area contributed by atoms with Crippen LogP contribution in [0.5, 0.6) is 5.75 Å². The van der Waals surface area contributed by atoms with Gasteiger partial charge in [0.05, 0.1) is 31.2 Å². The van der Waals surface area contributed by atoms with Gasteiger partial charge in [0, 0.05) is 19.7 Å². The Bertz CT molecular complexity index is 1070. The van der Waals surface area contributed by atoms with E-state index in [1.54, 1.807) is 19.2 Å². The maximum atomic E-state index is 13.1. The highest BCUT2D eigenvalue weighted by molar-refractivity contribution is 7.89. The predicted octanol–water partition coefficient (Wildman–Crippen LogP) is 1.44. The van der Waals surface area contributed by atoms with Gasteiger partial charge in [0.1, 0.15) is 11.6 Å². The van der Waals surface area contributed by atoms with Crippen LogP contribution in [0.25, 0.3) is 0 Å². The summed E-state index contributed by atoms with van der Waals surface area (Å²) < 4.78 is 50.8. The van der Waals surface area contributed by atoms with Crippen LogP contribution >= 0.6 is 0 Å². The normalized spacial score (nSPS) is 15.6. The first-order chi connectivity index (χ1) is 16.3. The van der Waals surface area contributed by atoms with Crippen molar-refractivity contribution in [3.8, 4) is 5.75 Å². The van der Waals surface area contributed by atoms with E-state index in [-0.39, 0.29) is 36.5 Å². The van der Waals surface area contributed by atoms with Gasteiger partial charge >= 0.3 is 0 Å². The van der Waals surface area contributed by atoms with Crippen LogP contribution in [0.15, 0.2) is 53.4 Å². The number of ether oxygens (including phenoxy) is 2. The number of amides is 2. The minimum absolute atomic E-state index is 0.162. The number of hydrogen-bond acceptors (Lipinski definition) is 6. The maximum Gasteiger partial charge on any atom is 0.241 e. The van der Waals surface area contributed by atoms with Crippen LogP contribution in [-0.2, 0) is 30.9 Å². The van der Waals surface area contributed by atoms with Crippen LogP contribution in [0.4, 0.5) is 4.39 Å². The predicted molar refractivity (Wildman–Crippen MR) is 122 cm³/mol. The Morgan fingerprint density at radius 2 is 1.85 bits per heavy atom. The molecule has 1 aliphatic heterocycles. The summed E-state index contributed by atoms with van der Waals surface area (Å²) in [7, 11) is -2.45. The Hall–Kier alpha value is -3.02. The second kappa shape index (κ2) is 11.9. The molecular weight excluding hydrogens is 465 g/mol. The van der Waals surface area contributed by atoms with Gasteiger partial charge in [-0.25, -0.2) is 17.5 Å². The molecule has 1 fully saturated rings. The molecule has 1 saturated heterocycles. The largest absolute Gasteiger partial charge is 0.497 e. The lowest BCUT2D eigenvalue weighted by Gasteiger charge is -2.25. The van der Waals surface area contributed by atoms with E-state index in [1.807, 2.05) is 12.1 Å². The smallest absolute Gasteiger partial charge is 0.241 e. The van der Waals surface area contributed by atoms with Gasteiger partial charge in [-0.15, -0.1) is 0 Å². The lowest BCUT2D eigenvalue weighted by atomic mass is 10.2. The molecule has 0 saturated carbocycles. The van der Waals surface area contributed by atoms with E-state index in [0.29, 0.717) is 12.4 Å². The average molecular weight is 494 g/mol. The van der Waals surface area contributed by atoms with Crippen molar-refractivity contribution >= 4 is 21.8 Å². The SMILES string of the molecule is COc1ccc(CNC(=O)CN(C[C@H]2CCCO2)C(=O)CNS(=O)(=O)c2ccc(F)cc2)cc1. The molecule has 2 N–H and O–H groups in total. The standard InChI is InChI=1S/C23H28FN3O6S/c1-32-19-8-4-17(5-9-19)13-25-22(28)16-27(15-20-3-2-12-33-20)23(29)14-26-34(30,31)21-10-6-18(24)7-11-21/h4-11,20,26H,2-3,12-16H2,1H3,(H,25,28)/t20-/m1/s1. The minimum Gasteiger partial charge on any atom is -0.497 e. The molecule has 34 heavy (non-hydrogen) atoms. The zero-order valence-electron chi connectivity index (χ0n) is 18.8. The van der Waals surface area contributed by atoms with Crippen molar-refractivity contribution in [3.63, 3.8) is 0 Å². The number of halogens is 1. The molecule has 0 unspecified atom stereocenters. The highest BCUT2D eigenvalue weighted by Gasteiger charge is 2.25. The van der Waals surface area contributed by atoms with E-state index in [4.69, 9.17) is 9.47 Å². The minimum atomic E-state index is -4.02. The molecule has 0 spiro atoms. The highest BCUT2D eigenvalue weighted by atomic mass is 32.2. The molecule has 0 aromatic heterocycles. The number of carbonyl (C=O) groups excluding carboxylic acids is 2. The van der Waals surface area contributed by atoms with Gasteiger partial charge in [-0.1, -0.05) is 12.1 Å². The average Bonchev–Trinajstić information content (AvgIpc) is 3.34. The second-order valence-electron chi connectivity index (χ2n) is 7.81. The van der Waals surface area contributed by atoms with Gasteiger partial charge in [-0.05, 0) is 54.8 Å². The van der Waals surface area contributed by atoms with E-state index >= 15 is 0 Å². The molecule has 2 amide bonds. The van der Waals surface area contributed by atoms with Crippen molar-refractivity contribution in [2.45, 2.75) is 30.4 Å². The van der Waals surface area contributed by atoms with E-state index in [0.717, 1.165) is 42.7 Å². The summed E-state index contributed by atoms with van der Waals surface area (Å²) in [4.78, 5) is 26.5. The molecule has 1 heterocycles. The Labute approximate surface area is 198 Å². The Morgan fingerprint density at radius 1 is 1.15 bits per heavy atom. The molecule has 1 atom stereocenters. The maximum absolute atomic E-state index is 13.1. The van der Waals surface area contributed by atoms with Crippen LogP contribution in [0, 0.1) is 5.82 Å². The topological polar surface area (TPSA) is 114 Å². The molecule has 0 bridgehead atoms. The van der Waals surface area contributed by atoms with E-state index in [2.05, 4.69) is 10.0 Å². The molecule has 2 aromatic rings. The van der Waals surface area contributed by atoms with E-state index in [1.165, 1.54) is 4.90 Å². The summed E-state index contributed by atoms with van der Waals surface area (Å²) in [5, 5.41) is 2.76. The van der Waals surface area contributed by atoms with Gasteiger partial charge in [0.2, 0.25) is 21.8 Å². The summed E-state index contributed by atoms with van der Waals surface area (Å²) in [5.74, 6) is -0.825. The van der Waals surface area contributed by atoms with Crippen LogP contribution in [-0.4, -0.2) is 64.6 Å². The van der Waals surface area contributed by atoms with Crippen molar-refractivity contribution in [2.24, 2.45) is 0 Å². The molecule has 1 aliphatic rings. The van der Waals surface area contributed by atoms with Gasteiger partial charge in [-0.3, -0.25) is 9.59 Å². The van der Waals surface area contributed by atoms with Crippen LogP contribution in [0.1, 0.15) is 18.4 Å². The summed E-state index contributed by atoms with van der Waals surface area (Å²) in [5.41, 5.74) is 0.859. The van der Waals surface area contributed by atoms with Crippen molar-refractivity contribution in [1.29, 1.82) is 0 Å². The number of hydrogen-bond donors (Lipinski definition) is 2. The summed E-state index contributed by atoms with van der Waals surface area (Å²) in [6, 6.07) is 11.5. The Balaban J connectivity index is 1.59. The first kappa shape index (κ1) is 25.6. The van der Waals surface area contributed by atoms with Crippen LogP contribution in [0.2, 0.25) is 0 Å². The van der Waals surface area contributed by atoms with Crippen molar-refractivity contribution in [1.82, 2.24) is 14.9 Å². The Morgan fingerprint density at radius 3 is 2.47 bits per heavy atom. The number of rotatable bonds is 11. The van der Waals surface area contributed by atoms with E-state index < -0.39 is 28.3 Å². The quantitative estimate of drug-likeness (QED) is 0.490. The summed E-state index contributed by atoms with van der Waals surface area (Å²) >= 11 is 0. The lowest BCUT2D eigenvalue weighted by Crippen LogP contribution is -2.47. The second-order valence-corrected chi connectivity index (χ2v) is 9.58. The van der Waals surface area contributed by atoms with Gasteiger partial charge in [0.15, 0.2) is 0 Å². The third-order valence-electron chi connectivity index (χ3n) is 5.32. The summed E-state index contributed by atoms with van der Waals surface area (Å²) in [6.45, 7) is 0.230. The van der Waals surface area contributed by atoms with E-state index in [9.17, 15) is 22.4 Å². The lowest BCUT2D eigenvalue weighted by molar-refractivity contribution is -0.136. The van der Waals surface area contributed by atoms with Gasteiger partial charge < -0.3 is 19.7 Å². The first-order valence-electron chi connectivity index (χ1n) is 10.8. The van der Waals surface area contributed by atoms with Gasteiger partial charge in [0.25, 0.3) is 0 Å². The number of nitrogens with one attached hydrogen (secondary N) is 2. The highest BCUT2D eigenvalue weighted by Crippen LogP contribution is 2.14. The Kier molecular flexibility index (Phi) is 8.97. The zero-order chi connectivity index (χ0) is 24.6. The molecule has 11 heteroatoms. The fraction of sp³-hybridized carbons (Fsp3) is 0.391. The molecule has 9 nitrogen and oxygen atoms in total.